The normalized spacial score (nSPS) is 11.5. The molecule has 1 aromatic heterocycles. The predicted molar refractivity (Wildman–Crippen MR) is 195 cm³/mol. The molecule has 6 aromatic rings. The Balaban J connectivity index is 1.04. The minimum absolute atomic E-state index is 0.485. The molecule has 0 aliphatic heterocycles. The van der Waals surface area contributed by atoms with Gasteiger partial charge in [0.2, 0.25) is 0 Å². The summed E-state index contributed by atoms with van der Waals surface area (Å²) in [7, 11) is 0. The molecular formula is C42H36N4. The van der Waals surface area contributed by atoms with Gasteiger partial charge in [-0.3, -0.25) is 0 Å². The summed E-state index contributed by atoms with van der Waals surface area (Å²) in [5.74, 6) is 0. The third-order valence-corrected chi connectivity index (χ3v) is 7.86. The lowest BCUT2D eigenvalue weighted by Gasteiger charge is -2.04. The van der Waals surface area contributed by atoms with Crippen molar-refractivity contribution in [3.8, 4) is 16.9 Å². The molecule has 5 aromatic carbocycles. The van der Waals surface area contributed by atoms with Crippen molar-refractivity contribution in [3.05, 3.63) is 185 Å². The van der Waals surface area contributed by atoms with Gasteiger partial charge in [0.25, 0.3) is 0 Å². The zero-order valence-corrected chi connectivity index (χ0v) is 26.1. The van der Waals surface area contributed by atoms with E-state index in [-0.39, 0.29) is 0 Å². The van der Waals surface area contributed by atoms with Crippen molar-refractivity contribution in [2.24, 2.45) is 0 Å². The topological polar surface area (TPSA) is 53.7 Å². The van der Waals surface area contributed by atoms with Crippen LogP contribution in [0.2, 0.25) is 0 Å². The second-order valence-electron chi connectivity index (χ2n) is 11.2. The zero-order chi connectivity index (χ0) is 31.7. The molecule has 0 atom stereocenters. The summed E-state index contributed by atoms with van der Waals surface area (Å²) < 4.78 is 1.92. The molecule has 0 saturated carbocycles. The number of aryl methyl sites for hydroxylation is 2. The van der Waals surface area contributed by atoms with Crippen molar-refractivity contribution in [2.75, 3.05) is 5.32 Å². The number of rotatable bonds is 10. The Bertz CT molecular complexity index is 2040. The van der Waals surface area contributed by atoms with Crippen LogP contribution in [0.4, 0.5) is 5.69 Å². The van der Waals surface area contributed by atoms with Crippen LogP contribution in [-0.4, -0.2) is 15.5 Å². The van der Waals surface area contributed by atoms with Crippen molar-refractivity contribution in [3.63, 3.8) is 0 Å². The summed E-state index contributed by atoms with van der Waals surface area (Å²) in [6.45, 7) is 4.14. The Hall–Kier alpha value is -6.00. The van der Waals surface area contributed by atoms with Crippen LogP contribution in [0.3, 0.4) is 0 Å². The van der Waals surface area contributed by atoms with Gasteiger partial charge in [-0.05, 0) is 89.7 Å². The molecule has 6 rings (SSSR count). The monoisotopic (exact) mass is 596 g/mol. The third-order valence-electron chi connectivity index (χ3n) is 7.86. The molecule has 0 amide bonds. The minimum atomic E-state index is 0.485. The maximum atomic E-state index is 8.32. The van der Waals surface area contributed by atoms with Gasteiger partial charge in [0.15, 0.2) is 0 Å². The van der Waals surface area contributed by atoms with Crippen LogP contribution in [0.1, 0.15) is 38.9 Å². The van der Waals surface area contributed by atoms with Crippen LogP contribution in [0, 0.1) is 19.3 Å². The van der Waals surface area contributed by atoms with Gasteiger partial charge in [-0.1, -0.05) is 115 Å². The van der Waals surface area contributed by atoms with Crippen molar-refractivity contribution in [1.82, 2.24) is 9.78 Å². The summed E-state index contributed by atoms with van der Waals surface area (Å²) in [5, 5.41) is 16.4. The predicted octanol–water partition coefficient (Wildman–Crippen LogP) is 10.5. The molecule has 0 aliphatic carbocycles. The molecule has 224 valence electrons. The summed E-state index contributed by atoms with van der Waals surface area (Å²) in [6.07, 6.45) is 14.1. The lowest BCUT2D eigenvalue weighted by atomic mass is 10.0. The van der Waals surface area contributed by atoms with E-state index in [0.717, 1.165) is 56.0 Å². The molecule has 1 heterocycles. The van der Waals surface area contributed by atoms with Crippen molar-refractivity contribution >= 4 is 35.7 Å². The molecule has 0 aliphatic rings. The second kappa shape index (κ2) is 14.2. The SMILES string of the molecule is Cc1ccccc1C(=N)/C=C\Nc1ccc(/C=C/c2cccc(/C=C/c3ccc(-n4ccc(-c5ccccc5C)n4)cc3)c2)cc1. The van der Waals surface area contributed by atoms with Crippen molar-refractivity contribution in [1.29, 1.82) is 5.41 Å². The molecule has 0 spiro atoms. The zero-order valence-electron chi connectivity index (χ0n) is 26.1. The molecule has 0 radical (unpaired) electrons. The number of allylic oxidation sites excluding steroid dienone is 1. The average molecular weight is 597 g/mol. The quantitative estimate of drug-likeness (QED) is 0.122. The van der Waals surface area contributed by atoms with Gasteiger partial charge in [0.1, 0.15) is 0 Å². The fourth-order valence-electron chi connectivity index (χ4n) is 5.24. The highest BCUT2D eigenvalue weighted by molar-refractivity contribution is 6.07. The molecule has 0 unspecified atom stereocenters. The van der Waals surface area contributed by atoms with E-state index in [1.807, 2.05) is 60.4 Å². The molecule has 0 bridgehead atoms. The fraction of sp³-hybridized carbons (Fsp3) is 0.0476. The Morgan fingerprint density at radius 2 is 1.24 bits per heavy atom. The van der Waals surface area contributed by atoms with Crippen molar-refractivity contribution in [2.45, 2.75) is 13.8 Å². The third kappa shape index (κ3) is 7.55. The number of anilines is 1. The average Bonchev–Trinajstić information content (AvgIpc) is 3.58. The van der Waals surface area contributed by atoms with Gasteiger partial charge in [0, 0.05) is 29.2 Å². The van der Waals surface area contributed by atoms with Crippen molar-refractivity contribution < 1.29 is 0 Å². The first-order valence-corrected chi connectivity index (χ1v) is 15.4. The maximum Gasteiger partial charge on any atom is 0.0930 e. The summed E-state index contributed by atoms with van der Waals surface area (Å²) in [6, 6.07) is 43.5. The van der Waals surface area contributed by atoms with Crippen LogP contribution in [0.5, 0.6) is 0 Å². The summed E-state index contributed by atoms with van der Waals surface area (Å²) >= 11 is 0. The van der Waals surface area contributed by atoms with Crippen LogP contribution in [0.15, 0.2) is 146 Å². The van der Waals surface area contributed by atoms with Gasteiger partial charge in [-0.15, -0.1) is 0 Å². The molecule has 4 heteroatoms. The van der Waals surface area contributed by atoms with Crippen LogP contribution < -0.4 is 5.32 Å². The van der Waals surface area contributed by atoms with E-state index in [9.17, 15) is 0 Å². The second-order valence-corrected chi connectivity index (χ2v) is 11.2. The lowest BCUT2D eigenvalue weighted by molar-refractivity contribution is 0.884. The van der Waals surface area contributed by atoms with Gasteiger partial charge in [-0.2, -0.15) is 5.10 Å². The number of hydrogen-bond donors (Lipinski definition) is 2. The maximum absolute atomic E-state index is 8.32. The lowest BCUT2D eigenvalue weighted by Crippen LogP contribution is -1.98. The van der Waals surface area contributed by atoms with E-state index < -0.39 is 0 Å². The molecule has 4 nitrogen and oxygen atoms in total. The Kier molecular flexibility index (Phi) is 9.27. The summed E-state index contributed by atoms with van der Waals surface area (Å²) in [4.78, 5) is 0. The molecule has 0 fully saturated rings. The van der Waals surface area contributed by atoms with E-state index in [2.05, 4.69) is 128 Å². The highest BCUT2D eigenvalue weighted by atomic mass is 15.3. The van der Waals surface area contributed by atoms with Crippen LogP contribution >= 0.6 is 0 Å². The largest absolute Gasteiger partial charge is 0.362 e. The Morgan fingerprint density at radius 3 is 1.91 bits per heavy atom. The van der Waals surface area contributed by atoms with Gasteiger partial charge in [-0.25, -0.2) is 4.68 Å². The highest BCUT2D eigenvalue weighted by Gasteiger charge is 2.06. The first-order chi connectivity index (χ1) is 22.5. The van der Waals surface area contributed by atoms with Gasteiger partial charge < -0.3 is 10.7 Å². The number of nitrogens with zero attached hydrogens (tertiary/aromatic N) is 2. The molecule has 46 heavy (non-hydrogen) atoms. The molecule has 0 saturated heterocycles. The van der Waals surface area contributed by atoms with Crippen LogP contribution in [-0.2, 0) is 0 Å². The standard InChI is InChI=1S/C42H36N4/c1-31-8-3-5-12-39(31)41(43)26-28-44-37-22-18-33(19-23-37)14-16-35-10-7-11-36(30-35)17-15-34-20-24-38(25-21-34)46-29-27-42(45-46)40-13-6-4-9-32(40)2/h3-30,43-44H,1-2H3/b16-14+,17-15+,28-26-,43-41?. The van der Waals surface area contributed by atoms with Gasteiger partial charge in [0.05, 0.1) is 17.1 Å². The fourth-order valence-corrected chi connectivity index (χ4v) is 5.24. The summed E-state index contributed by atoms with van der Waals surface area (Å²) in [5.41, 5.74) is 12.4. The number of benzene rings is 5. The Labute approximate surface area is 271 Å². The highest BCUT2D eigenvalue weighted by Crippen LogP contribution is 2.23. The smallest absolute Gasteiger partial charge is 0.0930 e. The number of nitrogens with one attached hydrogen (secondary N) is 2. The number of aromatic nitrogens is 2. The van der Waals surface area contributed by atoms with E-state index >= 15 is 0 Å². The van der Waals surface area contributed by atoms with E-state index in [1.165, 1.54) is 5.56 Å². The van der Waals surface area contributed by atoms with E-state index in [1.54, 1.807) is 6.08 Å². The first-order valence-electron chi connectivity index (χ1n) is 15.4. The van der Waals surface area contributed by atoms with Crippen LogP contribution in [0.25, 0.3) is 41.2 Å². The van der Waals surface area contributed by atoms with Gasteiger partial charge >= 0.3 is 0 Å². The molecule has 2 N–H and O–H groups in total. The number of hydrogen-bond acceptors (Lipinski definition) is 3. The Morgan fingerprint density at radius 1 is 0.630 bits per heavy atom. The minimum Gasteiger partial charge on any atom is -0.362 e. The van der Waals surface area contributed by atoms with E-state index in [4.69, 9.17) is 10.5 Å². The first kappa shape index (κ1) is 30.0. The molecular weight excluding hydrogens is 560 g/mol. The van der Waals surface area contributed by atoms with E-state index in [0.29, 0.717) is 5.71 Å².